The molecular formula is C28H58O4P2. The minimum absolute atomic E-state index is 0.0279. The van der Waals surface area contributed by atoms with Crippen molar-refractivity contribution in [3.63, 3.8) is 0 Å². The third-order valence-corrected chi connectivity index (χ3v) is 17.9. The van der Waals surface area contributed by atoms with Crippen LogP contribution in [0.2, 0.25) is 0 Å². The van der Waals surface area contributed by atoms with Crippen LogP contribution < -0.4 is 0 Å². The molecule has 0 N–H and O–H groups in total. The molecule has 0 unspecified atom stereocenters. The Labute approximate surface area is 212 Å². The predicted molar refractivity (Wildman–Crippen MR) is 151 cm³/mol. The molecule has 0 amide bonds. The summed E-state index contributed by atoms with van der Waals surface area (Å²) in [6.07, 6.45) is 24.8. The molecule has 0 aromatic rings. The van der Waals surface area contributed by atoms with Gasteiger partial charge in [0.15, 0.2) is 0 Å². The maximum absolute atomic E-state index is 14.8. The molecule has 2 rings (SSSR count). The van der Waals surface area contributed by atoms with E-state index >= 15 is 0 Å². The molecule has 2 fully saturated rings. The van der Waals surface area contributed by atoms with Gasteiger partial charge in [-0.1, -0.05) is 0 Å². The normalized spacial score (nSPS) is 20.3. The Kier molecular flexibility index (Phi) is 14.2. The van der Waals surface area contributed by atoms with Crippen LogP contribution in [0.5, 0.6) is 0 Å². The van der Waals surface area contributed by atoms with Crippen LogP contribution in [0.4, 0.5) is 0 Å². The van der Waals surface area contributed by atoms with Crippen LogP contribution in [0.15, 0.2) is 0 Å². The molecule has 34 heavy (non-hydrogen) atoms. The van der Waals surface area contributed by atoms with E-state index < -0.39 is 14.7 Å². The molecule has 0 aliphatic heterocycles. The van der Waals surface area contributed by atoms with E-state index in [1.165, 1.54) is 12.8 Å². The van der Waals surface area contributed by atoms with Gasteiger partial charge in [-0.05, 0) is 0 Å². The van der Waals surface area contributed by atoms with Gasteiger partial charge in [-0.25, -0.2) is 0 Å². The third kappa shape index (κ3) is 9.78. The Balaban J connectivity index is 2.45. The van der Waals surface area contributed by atoms with E-state index in [4.69, 9.17) is 13.4 Å². The van der Waals surface area contributed by atoms with Gasteiger partial charge >= 0.3 is 213 Å². The van der Waals surface area contributed by atoms with Crippen molar-refractivity contribution in [3.8, 4) is 0 Å². The van der Waals surface area contributed by atoms with Crippen LogP contribution in [0.3, 0.4) is 0 Å². The SMILES string of the molecule is CCCCP(CCCC)(CCCC)(CCCC)OP(=O)(OC1CCCCC1)OC1CCCCC1. The molecule has 2 saturated carbocycles. The van der Waals surface area contributed by atoms with Crippen LogP contribution in [-0.2, 0) is 17.9 Å². The van der Waals surface area contributed by atoms with E-state index in [1.807, 2.05) is 0 Å². The average Bonchev–Trinajstić information content (AvgIpc) is 2.85. The molecule has 2 aliphatic rings. The van der Waals surface area contributed by atoms with Crippen molar-refractivity contribution in [1.29, 1.82) is 0 Å². The van der Waals surface area contributed by atoms with Crippen LogP contribution in [-0.4, -0.2) is 36.9 Å². The van der Waals surface area contributed by atoms with Crippen molar-refractivity contribution in [2.24, 2.45) is 0 Å². The fraction of sp³-hybridized carbons (Fsp3) is 1.00. The van der Waals surface area contributed by atoms with Crippen LogP contribution in [0, 0.1) is 0 Å². The fourth-order valence-corrected chi connectivity index (χ4v) is 17.0. The molecule has 0 atom stereocenters. The fourth-order valence-electron chi connectivity index (χ4n) is 6.12. The van der Waals surface area contributed by atoms with Crippen molar-refractivity contribution in [2.45, 2.75) is 155 Å². The van der Waals surface area contributed by atoms with Crippen molar-refractivity contribution >= 4 is 14.7 Å². The molecule has 4 nitrogen and oxygen atoms in total. The third-order valence-electron chi connectivity index (χ3n) is 8.30. The summed E-state index contributed by atoms with van der Waals surface area (Å²) in [5.41, 5.74) is 0. The molecule has 0 aromatic heterocycles. The molecule has 2 aliphatic carbocycles. The maximum atomic E-state index is 14.8. The number of rotatable bonds is 18. The van der Waals surface area contributed by atoms with Gasteiger partial charge in [0.05, 0.1) is 0 Å². The Hall–Kier alpha value is 0.540. The Bertz CT molecular complexity index is 517. The molecule has 0 heterocycles. The number of hydrogen-bond acceptors (Lipinski definition) is 4. The van der Waals surface area contributed by atoms with Gasteiger partial charge in [-0.2, -0.15) is 0 Å². The second kappa shape index (κ2) is 15.7. The van der Waals surface area contributed by atoms with Gasteiger partial charge in [-0.3, -0.25) is 0 Å². The van der Waals surface area contributed by atoms with Gasteiger partial charge in [0.25, 0.3) is 0 Å². The summed E-state index contributed by atoms with van der Waals surface area (Å²) in [5, 5.41) is 0. The van der Waals surface area contributed by atoms with Gasteiger partial charge in [-0.15, -0.1) is 0 Å². The van der Waals surface area contributed by atoms with Gasteiger partial charge < -0.3 is 0 Å². The number of unbranched alkanes of at least 4 members (excludes halogenated alkanes) is 4. The summed E-state index contributed by atoms with van der Waals surface area (Å²) < 4.78 is 35.1. The van der Waals surface area contributed by atoms with E-state index in [-0.39, 0.29) is 12.2 Å². The number of phosphoric acid groups is 1. The van der Waals surface area contributed by atoms with Crippen LogP contribution in [0.1, 0.15) is 143 Å². The van der Waals surface area contributed by atoms with Gasteiger partial charge in [0.2, 0.25) is 0 Å². The summed E-state index contributed by atoms with van der Waals surface area (Å²) in [7, 11) is -3.65. The van der Waals surface area contributed by atoms with E-state index in [1.54, 1.807) is 0 Å². The molecule has 0 aromatic carbocycles. The summed E-state index contributed by atoms with van der Waals surface area (Å²) >= 11 is 0. The zero-order valence-corrected chi connectivity index (χ0v) is 25.0. The number of phosphoric ester groups is 1. The second-order valence-corrected chi connectivity index (χ2v) is 18.9. The molecular weight excluding hydrogens is 462 g/mol. The molecule has 0 spiro atoms. The van der Waals surface area contributed by atoms with Gasteiger partial charge in [0.1, 0.15) is 0 Å². The first-order valence-electron chi connectivity index (χ1n) is 15.1. The predicted octanol–water partition coefficient (Wildman–Crippen LogP) is 10.5. The van der Waals surface area contributed by atoms with Crippen molar-refractivity contribution < 1.29 is 17.9 Å². The minimum atomic E-state index is -3.65. The molecule has 0 radical (unpaired) electrons. The van der Waals surface area contributed by atoms with Crippen LogP contribution >= 0.6 is 14.7 Å². The van der Waals surface area contributed by atoms with Crippen molar-refractivity contribution in [2.75, 3.05) is 24.6 Å². The van der Waals surface area contributed by atoms with Crippen molar-refractivity contribution in [3.05, 3.63) is 0 Å². The zero-order valence-electron chi connectivity index (χ0n) is 23.2. The first-order chi connectivity index (χ1) is 16.4. The second-order valence-electron chi connectivity index (χ2n) is 11.4. The summed E-state index contributed by atoms with van der Waals surface area (Å²) in [5.74, 6) is 0. The summed E-state index contributed by atoms with van der Waals surface area (Å²) in [6.45, 7) is 6.36. The molecule has 6 heteroatoms. The van der Waals surface area contributed by atoms with Crippen LogP contribution in [0.25, 0.3) is 0 Å². The van der Waals surface area contributed by atoms with Crippen molar-refractivity contribution in [1.82, 2.24) is 0 Å². The number of hydrogen-bond donors (Lipinski definition) is 0. The summed E-state index contributed by atoms with van der Waals surface area (Å²) in [6, 6.07) is 0. The molecule has 0 bridgehead atoms. The first kappa shape index (κ1) is 30.8. The van der Waals surface area contributed by atoms with E-state index in [2.05, 4.69) is 27.7 Å². The average molecular weight is 521 g/mol. The van der Waals surface area contributed by atoms with E-state index in [9.17, 15) is 4.57 Å². The zero-order chi connectivity index (χ0) is 24.8. The monoisotopic (exact) mass is 520 g/mol. The Morgan fingerprint density at radius 3 is 1.21 bits per heavy atom. The quantitative estimate of drug-likeness (QED) is 0.169. The molecule has 204 valence electrons. The van der Waals surface area contributed by atoms with E-state index in [0.29, 0.717) is 0 Å². The van der Waals surface area contributed by atoms with Gasteiger partial charge in [0, 0.05) is 0 Å². The summed E-state index contributed by atoms with van der Waals surface area (Å²) in [4.78, 5) is 0. The Morgan fingerprint density at radius 1 is 0.588 bits per heavy atom. The first-order valence-corrected chi connectivity index (χ1v) is 19.5. The Morgan fingerprint density at radius 2 is 0.912 bits per heavy atom. The van der Waals surface area contributed by atoms with E-state index in [0.717, 1.165) is 127 Å². The topological polar surface area (TPSA) is 44.8 Å². The standard InChI is InChI=1S/C28H58O4P2/c1-5-9-23-34(24-10-6-2,25-11-7-3,26-12-8-4)32-33(29,30-27-19-15-13-16-20-27)31-28-21-17-14-18-22-28/h27-28H,5-26H2,1-4H3. The molecule has 0 saturated heterocycles.